The molecule has 0 spiro atoms. The van der Waals surface area contributed by atoms with Gasteiger partial charge in [-0.1, -0.05) is 6.07 Å². The van der Waals surface area contributed by atoms with Gasteiger partial charge in [-0.25, -0.2) is 4.98 Å². The highest BCUT2D eigenvalue weighted by molar-refractivity contribution is 5.53. The number of anilines is 1. The van der Waals surface area contributed by atoms with Crippen molar-refractivity contribution in [2.45, 2.75) is 33.7 Å². The van der Waals surface area contributed by atoms with Gasteiger partial charge in [0.15, 0.2) is 0 Å². The molecular weight excluding hydrogens is 304 g/mol. The number of pyridine rings is 1. The van der Waals surface area contributed by atoms with Crippen LogP contribution >= 0.6 is 0 Å². The molecule has 0 bridgehead atoms. The number of rotatable bonds is 5. The van der Waals surface area contributed by atoms with Gasteiger partial charge in [-0.05, 0) is 44.0 Å². The van der Waals surface area contributed by atoms with Crippen molar-refractivity contribution in [3.05, 3.63) is 59.4 Å². The lowest BCUT2D eigenvalue weighted by molar-refractivity contribution is 0.450. The van der Waals surface area contributed by atoms with Crippen LogP contribution in [0.5, 0.6) is 11.6 Å². The van der Waals surface area contributed by atoms with Crippen LogP contribution in [0.2, 0.25) is 0 Å². The van der Waals surface area contributed by atoms with E-state index in [0.717, 1.165) is 22.6 Å². The lowest BCUT2D eigenvalue weighted by Gasteiger charge is -2.14. The summed E-state index contributed by atoms with van der Waals surface area (Å²) in [6.45, 7) is 7.75. The average molecular weight is 324 g/mol. The highest BCUT2D eigenvalue weighted by Gasteiger charge is 2.13. The van der Waals surface area contributed by atoms with Gasteiger partial charge in [-0.2, -0.15) is 0 Å². The van der Waals surface area contributed by atoms with Crippen molar-refractivity contribution in [2.24, 2.45) is 0 Å². The normalized spacial score (nSPS) is 12.0. The molecule has 2 aromatic heterocycles. The molecule has 124 valence electrons. The number of nitrogens with zero attached hydrogens (tertiary/aromatic N) is 3. The van der Waals surface area contributed by atoms with Crippen LogP contribution in [0.3, 0.4) is 0 Å². The van der Waals surface area contributed by atoms with Crippen LogP contribution in [0.1, 0.15) is 35.9 Å². The van der Waals surface area contributed by atoms with E-state index in [2.05, 4.69) is 20.5 Å². The molecule has 0 aliphatic heterocycles. The van der Waals surface area contributed by atoms with Gasteiger partial charge in [0.1, 0.15) is 11.8 Å². The summed E-state index contributed by atoms with van der Waals surface area (Å²) < 4.78 is 11.4. The molecule has 24 heavy (non-hydrogen) atoms. The zero-order chi connectivity index (χ0) is 17.1. The molecule has 0 saturated heterocycles. The summed E-state index contributed by atoms with van der Waals surface area (Å²) in [4.78, 5) is 4.24. The fourth-order valence-corrected chi connectivity index (χ4v) is 2.28. The van der Waals surface area contributed by atoms with Crippen LogP contribution in [0.15, 0.2) is 40.9 Å². The molecule has 0 fully saturated rings. The fraction of sp³-hybridized carbons (Fsp3) is 0.278. The van der Waals surface area contributed by atoms with Crippen LogP contribution in [0.4, 0.5) is 5.69 Å². The van der Waals surface area contributed by atoms with Gasteiger partial charge in [-0.15, -0.1) is 10.2 Å². The summed E-state index contributed by atoms with van der Waals surface area (Å²) in [5.41, 5.74) is 3.05. The predicted octanol–water partition coefficient (Wildman–Crippen LogP) is 4.36. The third-order valence-corrected chi connectivity index (χ3v) is 3.59. The Hall–Kier alpha value is -2.89. The maximum absolute atomic E-state index is 5.92. The first-order chi connectivity index (χ1) is 11.5. The van der Waals surface area contributed by atoms with E-state index in [1.807, 2.05) is 51.1 Å². The minimum Gasteiger partial charge on any atom is -0.439 e. The number of hydrogen-bond acceptors (Lipinski definition) is 6. The average Bonchev–Trinajstić information content (AvgIpc) is 2.97. The minimum absolute atomic E-state index is 0.0983. The number of nitrogens with one attached hydrogen (secondary N) is 1. The van der Waals surface area contributed by atoms with Crippen molar-refractivity contribution in [1.29, 1.82) is 0 Å². The Balaban J connectivity index is 1.78. The first-order valence-corrected chi connectivity index (χ1v) is 7.79. The number of aryl methyl sites for hydroxylation is 3. The van der Waals surface area contributed by atoms with E-state index in [1.54, 1.807) is 13.1 Å². The highest BCUT2D eigenvalue weighted by atomic mass is 16.5. The van der Waals surface area contributed by atoms with Gasteiger partial charge in [0.25, 0.3) is 0 Å². The Labute approximate surface area is 140 Å². The van der Waals surface area contributed by atoms with Crippen molar-refractivity contribution in [2.75, 3.05) is 5.32 Å². The van der Waals surface area contributed by atoms with Gasteiger partial charge in [0.05, 0.1) is 0 Å². The smallest absolute Gasteiger partial charge is 0.238 e. The summed E-state index contributed by atoms with van der Waals surface area (Å²) in [6.07, 6.45) is 1.74. The van der Waals surface area contributed by atoms with Crippen LogP contribution in [0, 0.1) is 20.8 Å². The monoisotopic (exact) mass is 324 g/mol. The highest BCUT2D eigenvalue weighted by Crippen LogP contribution is 2.29. The Kier molecular flexibility index (Phi) is 4.46. The van der Waals surface area contributed by atoms with E-state index in [4.69, 9.17) is 9.15 Å². The van der Waals surface area contributed by atoms with E-state index in [9.17, 15) is 0 Å². The summed E-state index contributed by atoms with van der Waals surface area (Å²) >= 11 is 0. The fourth-order valence-electron chi connectivity index (χ4n) is 2.28. The van der Waals surface area contributed by atoms with Crippen LogP contribution in [0.25, 0.3) is 0 Å². The summed E-state index contributed by atoms with van der Waals surface area (Å²) in [7, 11) is 0. The molecule has 3 aromatic rings. The van der Waals surface area contributed by atoms with E-state index >= 15 is 0 Å². The van der Waals surface area contributed by atoms with Gasteiger partial charge in [-0.3, -0.25) is 0 Å². The van der Waals surface area contributed by atoms with Crippen LogP contribution in [-0.2, 0) is 0 Å². The number of aromatic nitrogens is 3. The van der Waals surface area contributed by atoms with Crippen molar-refractivity contribution in [3.63, 3.8) is 0 Å². The van der Waals surface area contributed by atoms with Crippen molar-refractivity contribution in [1.82, 2.24) is 15.2 Å². The lowest BCUT2D eigenvalue weighted by atomic mass is 10.2. The van der Waals surface area contributed by atoms with Gasteiger partial charge in [0.2, 0.25) is 17.7 Å². The molecule has 0 aliphatic carbocycles. The SMILES string of the molecule is Cc1ccnc(Oc2cc(NC(C)c3nnc(C)o3)ccc2C)c1. The van der Waals surface area contributed by atoms with Crippen LogP contribution in [-0.4, -0.2) is 15.2 Å². The maximum Gasteiger partial charge on any atom is 0.238 e. The Morgan fingerprint density at radius 1 is 1.08 bits per heavy atom. The quantitative estimate of drug-likeness (QED) is 0.752. The summed E-state index contributed by atoms with van der Waals surface area (Å²) in [6, 6.07) is 9.68. The zero-order valence-corrected chi connectivity index (χ0v) is 14.2. The third-order valence-electron chi connectivity index (χ3n) is 3.59. The number of benzene rings is 1. The molecule has 6 heteroatoms. The van der Waals surface area contributed by atoms with Gasteiger partial charge in [0, 0.05) is 30.9 Å². The molecule has 0 radical (unpaired) electrons. The third kappa shape index (κ3) is 3.71. The van der Waals surface area contributed by atoms with Gasteiger partial charge < -0.3 is 14.5 Å². The standard InChI is InChI=1S/C18H20N4O2/c1-11-7-8-19-17(9-11)24-16-10-15(6-5-12(16)2)20-13(3)18-22-21-14(4)23-18/h5-10,13,20H,1-4H3. The molecule has 1 atom stereocenters. The summed E-state index contributed by atoms with van der Waals surface area (Å²) in [5, 5.41) is 11.2. The number of ether oxygens (including phenoxy) is 1. The molecule has 0 saturated carbocycles. The molecule has 0 aliphatic rings. The zero-order valence-electron chi connectivity index (χ0n) is 14.2. The molecule has 1 N–H and O–H groups in total. The molecule has 2 heterocycles. The van der Waals surface area contributed by atoms with E-state index in [0.29, 0.717) is 17.7 Å². The topological polar surface area (TPSA) is 73.1 Å². The second-order valence-electron chi connectivity index (χ2n) is 5.78. The maximum atomic E-state index is 5.92. The Morgan fingerprint density at radius 3 is 2.62 bits per heavy atom. The second kappa shape index (κ2) is 6.70. The largest absolute Gasteiger partial charge is 0.439 e. The van der Waals surface area contributed by atoms with Crippen molar-refractivity contribution >= 4 is 5.69 Å². The Morgan fingerprint density at radius 2 is 1.92 bits per heavy atom. The second-order valence-corrected chi connectivity index (χ2v) is 5.78. The minimum atomic E-state index is -0.0983. The number of hydrogen-bond donors (Lipinski definition) is 1. The predicted molar refractivity (Wildman–Crippen MR) is 91.3 cm³/mol. The summed E-state index contributed by atoms with van der Waals surface area (Å²) in [5.74, 6) is 2.44. The van der Waals surface area contributed by atoms with Crippen molar-refractivity contribution in [3.8, 4) is 11.6 Å². The Bertz CT molecular complexity index is 845. The first kappa shape index (κ1) is 16.0. The molecule has 1 unspecified atom stereocenters. The first-order valence-electron chi connectivity index (χ1n) is 7.79. The van der Waals surface area contributed by atoms with Crippen molar-refractivity contribution < 1.29 is 9.15 Å². The lowest BCUT2D eigenvalue weighted by Crippen LogP contribution is -2.07. The molecular formula is C18H20N4O2. The van der Waals surface area contributed by atoms with E-state index < -0.39 is 0 Å². The molecule has 6 nitrogen and oxygen atoms in total. The molecule has 3 rings (SSSR count). The van der Waals surface area contributed by atoms with E-state index in [-0.39, 0.29) is 6.04 Å². The van der Waals surface area contributed by atoms with E-state index in [1.165, 1.54) is 0 Å². The van der Waals surface area contributed by atoms with Crippen LogP contribution < -0.4 is 10.1 Å². The molecule has 0 amide bonds. The molecule has 1 aromatic carbocycles. The van der Waals surface area contributed by atoms with Gasteiger partial charge >= 0.3 is 0 Å².